The van der Waals surface area contributed by atoms with Gasteiger partial charge in [-0.25, -0.2) is 4.99 Å². The molecule has 21 heavy (non-hydrogen) atoms. The number of guanidine groups is 1. The van der Waals surface area contributed by atoms with Gasteiger partial charge in [0.1, 0.15) is 0 Å². The molecule has 0 aromatic carbocycles. The summed E-state index contributed by atoms with van der Waals surface area (Å²) in [4.78, 5) is 4.64. The largest absolute Gasteiger partial charge is 0.373 e. The van der Waals surface area contributed by atoms with E-state index in [1.807, 2.05) is 17.8 Å². The summed E-state index contributed by atoms with van der Waals surface area (Å²) >= 11 is 0. The summed E-state index contributed by atoms with van der Waals surface area (Å²) in [6.45, 7) is 3.57. The molecular weight excluding hydrogens is 381 g/mol. The molecule has 2 bridgehead atoms. The Kier molecular flexibility index (Phi) is 5.86. The van der Waals surface area contributed by atoms with Gasteiger partial charge in [0.2, 0.25) is 0 Å². The fourth-order valence-corrected chi connectivity index (χ4v) is 3.00. The molecule has 118 valence electrons. The van der Waals surface area contributed by atoms with Gasteiger partial charge in [-0.1, -0.05) is 0 Å². The van der Waals surface area contributed by atoms with Gasteiger partial charge in [0.25, 0.3) is 0 Å². The van der Waals surface area contributed by atoms with E-state index in [2.05, 4.69) is 27.6 Å². The molecule has 2 aliphatic heterocycles. The third kappa shape index (κ3) is 3.88. The Labute approximate surface area is 142 Å². The van der Waals surface area contributed by atoms with Gasteiger partial charge in [0.15, 0.2) is 5.96 Å². The minimum absolute atomic E-state index is 0. The minimum Gasteiger partial charge on any atom is -0.373 e. The van der Waals surface area contributed by atoms with Crippen LogP contribution in [0.5, 0.6) is 0 Å². The van der Waals surface area contributed by atoms with Crippen molar-refractivity contribution in [3.8, 4) is 0 Å². The third-order valence-corrected chi connectivity index (χ3v) is 4.09. The highest BCUT2D eigenvalue weighted by Gasteiger charge is 2.41. The lowest BCUT2D eigenvalue weighted by Gasteiger charge is -2.22. The number of halogens is 1. The second-order valence-electron chi connectivity index (χ2n) is 5.50. The fraction of sp³-hybridized carbons (Fsp3) is 0.714. The summed E-state index contributed by atoms with van der Waals surface area (Å²) in [5.74, 6) is 0.870. The Hall–Kier alpha value is -0.830. The Morgan fingerprint density at radius 2 is 2.38 bits per heavy atom. The summed E-state index contributed by atoms with van der Waals surface area (Å²) in [6.07, 6.45) is 6.10. The van der Waals surface area contributed by atoms with E-state index < -0.39 is 0 Å². The molecule has 1 aromatic rings. The SMILES string of the molecule is CCNC(=NCc1ccnn1C)NC1CC2CCC1O2.I. The summed E-state index contributed by atoms with van der Waals surface area (Å²) in [5.41, 5.74) is 1.10. The van der Waals surface area contributed by atoms with Gasteiger partial charge in [-0.3, -0.25) is 4.68 Å². The topological polar surface area (TPSA) is 63.5 Å². The van der Waals surface area contributed by atoms with Crippen molar-refractivity contribution >= 4 is 29.9 Å². The van der Waals surface area contributed by atoms with Crippen LogP contribution in [0.2, 0.25) is 0 Å². The van der Waals surface area contributed by atoms with Crippen molar-refractivity contribution in [2.75, 3.05) is 6.54 Å². The first-order valence-electron chi connectivity index (χ1n) is 7.43. The maximum absolute atomic E-state index is 5.87. The lowest BCUT2D eigenvalue weighted by molar-refractivity contribution is 0.0992. The van der Waals surface area contributed by atoms with Crippen LogP contribution in [0, 0.1) is 0 Å². The number of fused-ring (bicyclic) bond motifs is 2. The fourth-order valence-electron chi connectivity index (χ4n) is 3.00. The second kappa shape index (κ2) is 7.44. The molecule has 0 aliphatic carbocycles. The monoisotopic (exact) mass is 405 g/mol. The molecule has 0 saturated carbocycles. The van der Waals surface area contributed by atoms with E-state index in [9.17, 15) is 0 Å². The van der Waals surface area contributed by atoms with Crippen LogP contribution in [-0.2, 0) is 18.3 Å². The zero-order valence-electron chi connectivity index (χ0n) is 12.6. The van der Waals surface area contributed by atoms with Crippen LogP contribution in [0.15, 0.2) is 17.3 Å². The summed E-state index contributed by atoms with van der Waals surface area (Å²) in [5, 5.41) is 11.0. The van der Waals surface area contributed by atoms with Crippen LogP contribution in [-0.4, -0.2) is 40.5 Å². The molecule has 6 nitrogen and oxygen atoms in total. The lowest BCUT2D eigenvalue weighted by Crippen LogP contribution is -2.47. The third-order valence-electron chi connectivity index (χ3n) is 4.09. The van der Waals surface area contributed by atoms with Crippen LogP contribution < -0.4 is 10.6 Å². The first-order valence-corrected chi connectivity index (χ1v) is 7.43. The van der Waals surface area contributed by atoms with Gasteiger partial charge in [-0.15, -0.1) is 24.0 Å². The Bertz CT molecular complexity index is 489. The Morgan fingerprint density at radius 3 is 2.95 bits per heavy atom. The summed E-state index contributed by atoms with van der Waals surface area (Å²) in [7, 11) is 1.94. The van der Waals surface area contributed by atoms with Gasteiger partial charge in [0.05, 0.1) is 30.5 Å². The van der Waals surface area contributed by atoms with Crippen molar-refractivity contribution in [3.05, 3.63) is 18.0 Å². The summed E-state index contributed by atoms with van der Waals surface area (Å²) in [6, 6.07) is 2.39. The molecule has 2 fully saturated rings. The van der Waals surface area contributed by atoms with Crippen LogP contribution >= 0.6 is 24.0 Å². The van der Waals surface area contributed by atoms with E-state index in [0.29, 0.717) is 24.8 Å². The molecule has 2 saturated heterocycles. The van der Waals surface area contributed by atoms with Gasteiger partial charge in [-0.2, -0.15) is 5.10 Å². The van der Waals surface area contributed by atoms with Gasteiger partial charge < -0.3 is 15.4 Å². The number of ether oxygens (including phenoxy) is 1. The van der Waals surface area contributed by atoms with Crippen molar-refractivity contribution in [3.63, 3.8) is 0 Å². The van der Waals surface area contributed by atoms with Crippen molar-refractivity contribution in [1.29, 1.82) is 0 Å². The van der Waals surface area contributed by atoms with Crippen LogP contribution in [0.3, 0.4) is 0 Å². The summed E-state index contributed by atoms with van der Waals surface area (Å²) < 4.78 is 7.73. The van der Waals surface area contributed by atoms with E-state index >= 15 is 0 Å². The molecule has 0 radical (unpaired) electrons. The van der Waals surface area contributed by atoms with Crippen LogP contribution in [0.25, 0.3) is 0 Å². The zero-order chi connectivity index (χ0) is 13.9. The molecular formula is C14H24IN5O. The normalized spacial score (nSPS) is 27.5. The van der Waals surface area contributed by atoms with Gasteiger partial charge in [0, 0.05) is 19.8 Å². The Balaban J connectivity index is 0.00000161. The van der Waals surface area contributed by atoms with Crippen molar-refractivity contribution < 1.29 is 4.74 Å². The van der Waals surface area contributed by atoms with E-state index in [-0.39, 0.29) is 24.0 Å². The number of aromatic nitrogens is 2. The van der Waals surface area contributed by atoms with Crippen molar-refractivity contribution in [1.82, 2.24) is 20.4 Å². The second-order valence-corrected chi connectivity index (χ2v) is 5.50. The number of hydrogen-bond donors (Lipinski definition) is 2. The number of aliphatic imine (C=N–C) groups is 1. The maximum Gasteiger partial charge on any atom is 0.191 e. The zero-order valence-corrected chi connectivity index (χ0v) is 14.9. The molecule has 3 atom stereocenters. The highest BCUT2D eigenvalue weighted by Crippen LogP contribution is 2.34. The molecule has 3 heterocycles. The Morgan fingerprint density at radius 1 is 1.52 bits per heavy atom. The molecule has 3 rings (SSSR count). The number of nitrogens with zero attached hydrogens (tertiary/aromatic N) is 3. The van der Waals surface area contributed by atoms with Crippen LogP contribution in [0.4, 0.5) is 0 Å². The molecule has 0 spiro atoms. The first-order chi connectivity index (χ1) is 9.76. The van der Waals surface area contributed by atoms with Gasteiger partial charge in [-0.05, 0) is 32.3 Å². The van der Waals surface area contributed by atoms with E-state index in [0.717, 1.165) is 24.6 Å². The highest BCUT2D eigenvalue weighted by molar-refractivity contribution is 14.0. The average Bonchev–Trinajstić information content (AvgIpc) is 3.13. The number of hydrogen-bond acceptors (Lipinski definition) is 3. The van der Waals surface area contributed by atoms with Crippen molar-refractivity contribution in [2.24, 2.45) is 12.0 Å². The molecule has 3 unspecified atom stereocenters. The van der Waals surface area contributed by atoms with E-state index in [4.69, 9.17) is 4.74 Å². The standard InChI is InChI=1S/C14H23N5O.HI/c1-3-15-14(16-9-10-6-7-17-19(10)2)18-12-8-11-4-5-13(12)20-11;/h6-7,11-13H,3-5,8-9H2,1-2H3,(H2,15,16,18);1H. The first kappa shape index (κ1) is 16.5. The van der Waals surface area contributed by atoms with E-state index in [1.54, 1.807) is 6.20 Å². The smallest absolute Gasteiger partial charge is 0.191 e. The highest BCUT2D eigenvalue weighted by atomic mass is 127. The van der Waals surface area contributed by atoms with Crippen LogP contribution in [0.1, 0.15) is 31.9 Å². The average molecular weight is 405 g/mol. The lowest BCUT2D eigenvalue weighted by atomic mass is 9.96. The van der Waals surface area contributed by atoms with Gasteiger partial charge >= 0.3 is 0 Å². The van der Waals surface area contributed by atoms with E-state index in [1.165, 1.54) is 12.8 Å². The predicted molar refractivity (Wildman–Crippen MR) is 92.9 cm³/mol. The molecule has 7 heteroatoms. The molecule has 0 amide bonds. The molecule has 1 aromatic heterocycles. The number of nitrogens with one attached hydrogen (secondary N) is 2. The van der Waals surface area contributed by atoms with Crippen molar-refractivity contribution in [2.45, 2.75) is 51.0 Å². The molecule has 2 aliphatic rings. The predicted octanol–water partition coefficient (Wildman–Crippen LogP) is 1.41. The quantitative estimate of drug-likeness (QED) is 0.452. The minimum atomic E-state index is 0. The maximum atomic E-state index is 5.87. The molecule has 2 N–H and O–H groups in total. The number of rotatable bonds is 4. The number of aryl methyl sites for hydroxylation is 1.